The number of hydrogen-bond donors (Lipinski definition) is 1. The Morgan fingerprint density at radius 2 is 1.94 bits per heavy atom. The van der Waals surface area contributed by atoms with Gasteiger partial charge in [-0.05, 0) is 12.3 Å². The Balaban J connectivity index is 1.65. The summed E-state index contributed by atoms with van der Waals surface area (Å²) in [5.74, 6) is 1.48. The third-order valence-electron chi connectivity index (χ3n) is 4.10. The molecule has 1 aliphatic carbocycles. The summed E-state index contributed by atoms with van der Waals surface area (Å²) in [6.45, 7) is 2.72. The SMILES string of the molecule is CN(CCC1CCCCC1)C(=O)C1CNC1. The van der Waals surface area contributed by atoms with E-state index in [-0.39, 0.29) is 5.92 Å². The fourth-order valence-corrected chi connectivity index (χ4v) is 2.74. The second-order valence-electron chi connectivity index (χ2n) is 5.41. The van der Waals surface area contributed by atoms with Gasteiger partial charge in [0.15, 0.2) is 0 Å². The molecule has 1 saturated heterocycles. The molecule has 2 aliphatic rings. The molecule has 2 rings (SSSR count). The van der Waals surface area contributed by atoms with E-state index in [1.807, 2.05) is 11.9 Å². The monoisotopic (exact) mass is 224 g/mol. The lowest BCUT2D eigenvalue weighted by Gasteiger charge is -2.31. The Hall–Kier alpha value is -0.570. The van der Waals surface area contributed by atoms with Gasteiger partial charge in [0.05, 0.1) is 5.92 Å². The normalized spacial score (nSPS) is 22.8. The van der Waals surface area contributed by atoms with E-state index in [9.17, 15) is 4.79 Å². The Kier molecular flexibility index (Phi) is 4.22. The maximum Gasteiger partial charge on any atom is 0.227 e. The number of nitrogens with one attached hydrogen (secondary N) is 1. The molecule has 1 amide bonds. The van der Waals surface area contributed by atoms with Crippen molar-refractivity contribution < 1.29 is 4.79 Å². The molecular formula is C13H24N2O. The summed E-state index contributed by atoms with van der Waals surface area (Å²) >= 11 is 0. The summed E-state index contributed by atoms with van der Waals surface area (Å²) in [6.07, 6.45) is 8.19. The molecule has 1 N–H and O–H groups in total. The smallest absolute Gasteiger partial charge is 0.227 e. The average Bonchev–Trinajstić information content (AvgIpc) is 2.25. The minimum absolute atomic E-state index is 0.261. The van der Waals surface area contributed by atoms with Crippen LogP contribution >= 0.6 is 0 Å². The molecule has 2 fully saturated rings. The van der Waals surface area contributed by atoms with E-state index in [1.165, 1.54) is 38.5 Å². The van der Waals surface area contributed by atoms with E-state index in [1.54, 1.807) is 0 Å². The molecule has 0 atom stereocenters. The maximum atomic E-state index is 11.9. The molecule has 0 aromatic heterocycles. The minimum atomic E-state index is 0.261. The first kappa shape index (κ1) is 11.9. The van der Waals surface area contributed by atoms with Crippen molar-refractivity contribution in [3.05, 3.63) is 0 Å². The Bertz CT molecular complexity index is 232. The van der Waals surface area contributed by atoms with Crippen LogP contribution in [0.5, 0.6) is 0 Å². The first-order valence-electron chi connectivity index (χ1n) is 6.73. The predicted molar refractivity (Wildman–Crippen MR) is 65.2 cm³/mol. The molecule has 3 nitrogen and oxygen atoms in total. The van der Waals surface area contributed by atoms with Gasteiger partial charge in [0.1, 0.15) is 0 Å². The zero-order valence-corrected chi connectivity index (χ0v) is 10.4. The third kappa shape index (κ3) is 2.97. The van der Waals surface area contributed by atoms with Crippen LogP contribution in [0.3, 0.4) is 0 Å². The third-order valence-corrected chi connectivity index (χ3v) is 4.10. The molecule has 0 bridgehead atoms. The topological polar surface area (TPSA) is 32.3 Å². The molecule has 1 saturated carbocycles. The van der Waals surface area contributed by atoms with Gasteiger partial charge in [-0.3, -0.25) is 4.79 Å². The fraction of sp³-hybridized carbons (Fsp3) is 0.923. The van der Waals surface area contributed by atoms with Crippen molar-refractivity contribution in [1.82, 2.24) is 10.2 Å². The highest BCUT2D eigenvalue weighted by atomic mass is 16.2. The van der Waals surface area contributed by atoms with E-state index in [0.717, 1.165) is 25.6 Å². The Labute approximate surface area is 98.6 Å². The highest BCUT2D eigenvalue weighted by molar-refractivity contribution is 5.79. The molecule has 92 valence electrons. The van der Waals surface area contributed by atoms with E-state index < -0.39 is 0 Å². The zero-order chi connectivity index (χ0) is 11.4. The van der Waals surface area contributed by atoms with Crippen molar-refractivity contribution in [1.29, 1.82) is 0 Å². The van der Waals surface area contributed by atoms with Gasteiger partial charge >= 0.3 is 0 Å². The van der Waals surface area contributed by atoms with Crippen LogP contribution in [-0.2, 0) is 4.79 Å². The van der Waals surface area contributed by atoms with E-state index in [4.69, 9.17) is 0 Å². The lowest BCUT2D eigenvalue weighted by Crippen LogP contribution is -2.51. The number of carbonyl (C=O) groups excluding carboxylic acids is 1. The highest BCUT2D eigenvalue weighted by Gasteiger charge is 2.27. The average molecular weight is 224 g/mol. The van der Waals surface area contributed by atoms with Gasteiger partial charge in [-0.25, -0.2) is 0 Å². The highest BCUT2D eigenvalue weighted by Crippen LogP contribution is 2.26. The number of amides is 1. The molecule has 0 radical (unpaired) electrons. The van der Waals surface area contributed by atoms with Crippen molar-refractivity contribution in [3.63, 3.8) is 0 Å². The molecule has 0 unspecified atom stereocenters. The molecule has 0 aromatic carbocycles. The van der Waals surface area contributed by atoms with Crippen LogP contribution in [0.1, 0.15) is 38.5 Å². The van der Waals surface area contributed by atoms with Gasteiger partial charge in [-0.2, -0.15) is 0 Å². The van der Waals surface area contributed by atoms with Crippen LogP contribution in [0, 0.1) is 11.8 Å². The fourth-order valence-electron chi connectivity index (χ4n) is 2.74. The summed E-state index contributed by atoms with van der Waals surface area (Å²) < 4.78 is 0. The lowest BCUT2D eigenvalue weighted by molar-refractivity contribution is -0.135. The maximum absolute atomic E-state index is 11.9. The summed E-state index contributed by atoms with van der Waals surface area (Å²) in [4.78, 5) is 13.8. The van der Waals surface area contributed by atoms with Crippen LogP contribution < -0.4 is 5.32 Å². The quantitative estimate of drug-likeness (QED) is 0.787. The molecule has 3 heteroatoms. The van der Waals surface area contributed by atoms with Gasteiger partial charge in [0, 0.05) is 26.7 Å². The van der Waals surface area contributed by atoms with Crippen LogP contribution in [0.4, 0.5) is 0 Å². The molecule has 0 aromatic rings. The molecular weight excluding hydrogens is 200 g/mol. The Morgan fingerprint density at radius 1 is 1.25 bits per heavy atom. The lowest BCUT2D eigenvalue weighted by atomic mass is 9.87. The first-order chi connectivity index (χ1) is 7.77. The Morgan fingerprint density at radius 3 is 2.50 bits per heavy atom. The van der Waals surface area contributed by atoms with Crippen LogP contribution in [0.2, 0.25) is 0 Å². The second kappa shape index (κ2) is 5.67. The van der Waals surface area contributed by atoms with Crippen molar-refractivity contribution in [3.8, 4) is 0 Å². The van der Waals surface area contributed by atoms with Gasteiger partial charge in [-0.15, -0.1) is 0 Å². The first-order valence-corrected chi connectivity index (χ1v) is 6.73. The van der Waals surface area contributed by atoms with Gasteiger partial charge in [0.2, 0.25) is 5.91 Å². The van der Waals surface area contributed by atoms with Gasteiger partial charge in [-0.1, -0.05) is 32.1 Å². The predicted octanol–water partition coefficient (Wildman–Crippen LogP) is 1.63. The van der Waals surface area contributed by atoms with Crippen molar-refractivity contribution in [2.45, 2.75) is 38.5 Å². The summed E-state index contributed by atoms with van der Waals surface area (Å²) in [6, 6.07) is 0. The van der Waals surface area contributed by atoms with Crippen molar-refractivity contribution in [2.75, 3.05) is 26.7 Å². The van der Waals surface area contributed by atoms with Gasteiger partial charge < -0.3 is 10.2 Å². The minimum Gasteiger partial charge on any atom is -0.345 e. The zero-order valence-electron chi connectivity index (χ0n) is 10.4. The summed E-state index contributed by atoms with van der Waals surface area (Å²) in [7, 11) is 1.96. The van der Waals surface area contributed by atoms with E-state index in [2.05, 4.69) is 5.32 Å². The molecule has 1 heterocycles. The molecule has 16 heavy (non-hydrogen) atoms. The second-order valence-corrected chi connectivity index (χ2v) is 5.41. The summed E-state index contributed by atoms with van der Waals surface area (Å²) in [5.41, 5.74) is 0. The van der Waals surface area contributed by atoms with E-state index >= 15 is 0 Å². The molecule has 1 aliphatic heterocycles. The van der Waals surface area contributed by atoms with Crippen LogP contribution in [0.25, 0.3) is 0 Å². The number of rotatable bonds is 4. The largest absolute Gasteiger partial charge is 0.345 e. The standard InChI is InChI=1S/C13H24N2O/c1-15(13(16)12-9-14-10-12)8-7-11-5-3-2-4-6-11/h11-12,14H,2-10H2,1H3. The number of nitrogens with zero attached hydrogens (tertiary/aromatic N) is 1. The van der Waals surface area contributed by atoms with Gasteiger partial charge in [0.25, 0.3) is 0 Å². The summed E-state index contributed by atoms with van der Waals surface area (Å²) in [5, 5.41) is 3.15. The van der Waals surface area contributed by atoms with Crippen molar-refractivity contribution >= 4 is 5.91 Å². The van der Waals surface area contributed by atoms with Crippen LogP contribution in [-0.4, -0.2) is 37.5 Å². The van der Waals surface area contributed by atoms with E-state index in [0.29, 0.717) is 5.91 Å². The molecule has 0 spiro atoms. The van der Waals surface area contributed by atoms with Crippen molar-refractivity contribution in [2.24, 2.45) is 11.8 Å². The number of hydrogen-bond acceptors (Lipinski definition) is 2. The number of carbonyl (C=O) groups is 1. The van der Waals surface area contributed by atoms with Crippen LogP contribution in [0.15, 0.2) is 0 Å².